The van der Waals surface area contributed by atoms with Crippen LogP contribution < -0.4 is 5.32 Å². The van der Waals surface area contributed by atoms with Crippen molar-refractivity contribution < 1.29 is 44.9 Å². The number of nitrogens with one attached hydrogen (secondary N) is 1. The fourth-order valence-electron chi connectivity index (χ4n) is 6.98. The number of aryl methyl sites for hydroxylation is 1. The van der Waals surface area contributed by atoms with Crippen LogP contribution in [0.25, 0.3) is 0 Å². The normalized spacial score (nSPS) is 22.3. The monoisotopic (exact) mass is 738 g/mol. The van der Waals surface area contributed by atoms with Gasteiger partial charge in [-0.05, 0) is 18.9 Å². The summed E-state index contributed by atoms with van der Waals surface area (Å²) in [5.41, 5.74) is 1.88. The van der Waals surface area contributed by atoms with Gasteiger partial charge < -0.3 is 45.4 Å². The van der Waals surface area contributed by atoms with Crippen LogP contribution in [0.4, 0.5) is 0 Å². The van der Waals surface area contributed by atoms with Crippen LogP contribution in [-0.4, -0.2) is 98.7 Å². The molecule has 1 saturated heterocycles. The maximum atomic E-state index is 12.9. The highest BCUT2D eigenvalue weighted by Crippen LogP contribution is 2.23. The summed E-state index contributed by atoms with van der Waals surface area (Å²) in [6, 6.07) is 6.51. The Bertz CT molecular complexity index is 1010. The van der Waals surface area contributed by atoms with E-state index in [1.807, 2.05) is 31.2 Å². The first-order valence-corrected chi connectivity index (χ1v) is 20.8. The van der Waals surface area contributed by atoms with Crippen molar-refractivity contribution in [2.75, 3.05) is 13.2 Å². The third kappa shape index (κ3) is 19.6. The van der Waals surface area contributed by atoms with Crippen molar-refractivity contribution in [2.24, 2.45) is 0 Å². The molecular weight excluding hydrogens is 662 g/mol. The van der Waals surface area contributed by atoms with Crippen molar-refractivity contribution in [3.05, 3.63) is 35.4 Å². The second-order valence-electron chi connectivity index (χ2n) is 15.3. The first kappa shape index (κ1) is 46.5. The maximum Gasteiger partial charge on any atom is 0.220 e. The zero-order valence-corrected chi connectivity index (χ0v) is 32.5. The van der Waals surface area contributed by atoms with Gasteiger partial charge in [0.1, 0.15) is 30.5 Å². The summed E-state index contributed by atoms with van der Waals surface area (Å²) in [5.74, 6) is -0.290. The van der Waals surface area contributed by atoms with Crippen LogP contribution in [0.5, 0.6) is 0 Å². The van der Waals surface area contributed by atoms with E-state index in [0.29, 0.717) is 6.42 Å². The SMILES string of the molecule is CCCCCCCCCCCCCCCCCCCCCCCC(=O)N[C@@H](COC1OC(CO)C(O)C(O)C1O)[C@H](O)[C@H](O)Cc1ccc(C)cc1. The van der Waals surface area contributed by atoms with E-state index in [2.05, 4.69) is 12.2 Å². The topological polar surface area (TPSA) is 169 Å². The third-order valence-corrected chi connectivity index (χ3v) is 10.5. The minimum absolute atomic E-state index is 0.146. The number of rotatable bonds is 31. The highest BCUT2D eigenvalue weighted by Gasteiger charge is 2.44. The van der Waals surface area contributed by atoms with Crippen molar-refractivity contribution in [1.29, 1.82) is 0 Å². The number of hydrogen-bond acceptors (Lipinski definition) is 9. The number of carbonyl (C=O) groups is 1. The molecular formula is C42H75NO9. The lowest BCUT2D eigenvalue weighted by molar-refractivity contribution is -0.303. The first-order chi connectivity index (χ1) is 25.2. The van der Waals surface area contributed by atoms with E-state index in [0.717, 1.165) is 30.4 Å². The Hall–Kier alpha value is -1.63. The van der Waals surface area contributed by atoms with Gasteiger partial charge in [-0.25, -0.2) is 0 Å². The van der Waals surface area contributed by atoms with Gasteiger partial charge in [0.25, 0.3) is 0 Å². The van der Waals surface area contributed by atoms with Crippen molar-refractivity contribution in [3.8, 4) is 0 Å². The average molecular weight is 738 g/mol. The van der Waals surface area contributed by atoms with E-state index < -0.39 is 55.6 Å². The van der Waals surface area contributed by atoms with E-state index in [4.69, 9.17) is 9.47 Å². The van der Waals surface area contributed by atoms with Crippen LogP contribution in [0.1, 0.15) is 159 Å². The number of amides is 1. The Morgan fingerprint density at radius 2 is 1.17 bits per heavy atom. The molecule has 52 heavy (non-hydrogen) atoms. The quantitative estimate of drug-likeness (QED) is 0.0441. The van der Waals surface area contributed by atoms with Crippen molar-refractivity contribution in [3.63, 3.8) is 0 Å². The van der Waals surface area contributed by atoms with Crippen molar-refractivity contribution in [2.45, 2.75) is 210 Å². The van der Waals surface area contributed by atoms with Crippen LogP contribution >= 0.6 is 0 Å². The average Bonchev–Trinajstić information content (AvgIpc) is 3.14. The van der Waals surface area contributed by atoms with Gasteiger partial charge in [0.2, 0.25) is 5.91 Å². The predicted octanol–water partition coefficient (Wildman–Crippen LogP) is 6.16. The standard InChI is InChI=1S/C42H75NO9/c1-3-4-5-6-7-8-9-10-11-12-13-14-15-16-17-18-19-20-21-22-23-24-37(46)43-34(38(47)35(45)29-33-27-25-32(2)26-28-33)31-51-42-41(50)40(49)39(48)36(30-44)52-42/h25-28,34-36,38-42,44-45,47-50H,3-24,29-31H2,1-2H3,(H,43,46)/t34-,35+,36?,38-,39?,40?,41?,42?/m0/s1. The molecule has 8 atom stereocenters. The number of benzene rings is 1. The van der Waals surface area contributed by atoms with Gasteiger partial charge in [0, 0.05) is 12.8 Å². The van der Waals surface area contributed by atoms with E-state index in [-0.39, 0.29) is 25.4 Å². The molecule has 10 heteroatoms. The van der Waals surface area contributed by atoms with E-state index >= 15 is 0 Å². The fraction of sp³-hybridized carbons (Fsp3) is 0.833. The van der Waals surface area contributed by atoms with Gasteiger partial charge in [-0.15, -0.1) is 0 Å². The molecule has 0 bridgehead atoms. The molecule has 0 saturated carbocycles. The second-order valence-corrected chi connectivity index (χ2v) is 15.3. The molecule has 2 rings (SSSR count). The zero-order chi connectivity index (χ0) is 38.0. The van der Waals surface area contributed by atoms with Gasteiger partial charge in [-0.3, -0.25) is 4.79 Å². The van der Waals surface area contributed by atoms with Gasteiger partial charge in [0.15, 0.2) is 6.29 Å². The Labute approximate surface area is 314 Å². The van der Waals surface area contributed by atoms with E-state index in [1.165, 1.54) is 109 Å². The van der Waals surface area contributed by atoms with Crippen LogP contribution in [-0.2, 0) is 20.7 Å². The highest BCUT2D eigenvalue weighted by atomic mass is 16.7. The third-order valence-electron chi connectivity index (χ3n) is 10.5. The molecule has 1 amide bonds. The summed E-state index contributed by atoms with van der Waals surface area (Å²) in [5, 5.41) is 64.8. The number of unbranched alkanes of at least 4 members (excludes halogenated alkanes) is 20. The summed E-state index contributed by atoms with van der Waals surface area (Å²) in [4.78, 5) is 12.9. The summed E-state index contributed by atoms with van der Waals surface area (Å²) in [6.45, 7) is 3.27. The Balaban J connectivity index is 1.62. The van der Waals surface area contributed by atoms with Crippen LogP contribution in [0.3, 0.4) is 0 Å². The molecule has 0 aliphatic carbocycles. The van der Waals surface area contributed by atoms with Crippen LogP contribution in [0.15, 0.2) is 24.3 Å². The summed E-state index contributed by atoms with van der Waals surface area (Å²) in [6.07, 6.45) is 17.4. The number of aliphatic hydroxyl groups excluding tert-OH is 6. The van der Waals surface area contributed by atoms with Crippen molar-refractivity contribution in [1.82, 2.24) is 5.32 Å². The number of aliphatic hydroxyl groups is 6. The largest absolute Gasteiger partial charge is 0.394 e. The molecule has 302 valence electrons. The van der Waals surface area contributed by atoms with E-state index in [1.54, 1.807) is 0 Å². The molecule has 5 unspecified atom stereocenters. The predicted molar refractivity (Wildman–Crippen MR) is 206 cm³/mol. The molecule has 1 aliphatic rings. The Morgan fingerprint density at radius 3 is 1.63 bits per heavy atom. The highest BCUT2D eigenvalue weighted by molar-refractivity contribution is 5.76. The lowest BCUT2D eigenvalue weighted by Crippen LogP contribution is -2.60. The van der Waals surface area contributed by atoms with Crippen molar-refractivity contribution >= 4 is 5.91 Å². The molecule has 1 fully saturated rings. The number of ether oxygens (including phenoxy) is 2. The smallest absolute Gasteiger partial charge is 0.220 e. The lowest BCUT2D eigenvalue weighted by atomic mass is 9.98. The van der Waals surface area contributed by atoms with Gasteiger partial charge >= 0.3 is 0 Å². The van der Waals surface area contributed by atoms with Gasteiger partial charge in [-0.2, -0.15) is 0 Å². The summed E-state index contributed by atoms with van der Waals surface area (Å²) >= 11 is 0. The molecule has 1 aromatic carbocycles. The molecule has 1 heterocycles. The zero-order valence-electron chi connectivity index (χ0n) is 32.5. The molecule has 1 aliphatic heterocycles. The van der Waals surface area contributed by atoms with Crippen LogP contribution in [0, 0.1) is 6.92 Å². The molecule has 10 nitrogen and oxygen atoms in total. The molecule has 7 N–H and O–H groups in total. The lowest BCUT2D eigenvalue weighted by Gasteiger charge is -2.40. The molecule has 1 aromatic rings. The maximum absolute atomic E-state index is 12.9. The summed E-state index contributed by atoms with van der Waals surface area (Å²) < 4.78 is 11.1. The van der Waals surface area contributed by atoms with Crippen LogP contribution in [0.2, 0.25) is 0 Å². The first-order valence-electron chi connectivity index (χ1n) is 20.8. The van der Waals surface area contributed by atoms with E-state index in [9.17, 15) is 35.4 Å². The van der Waals surface area contributed by atoms with Gasteiger partial charge in [0.05, 0.1) is 25.4 Å². The minimum atomic E-state index is -1.62. The number of carbonyl (C=O) groups excluding carboxylic acids is 1. The minimum Gasteiger partial charge on any atom is -0.394 e. The molecule has 0 aromatic heterocycles. The van der Waals surface area contributed by atoms with Gasteiger partial charge in [-0.1, -0.05) is 165 Å². The molecule has 0 spiro atoms. The fourth-order valence-corrected chi connectivity index (χ4v) is 6.98. The Kier molecular flexibility index (Phi) is 25.7. The molecule has 0 radical (unpaired) electrons. The summed E-state index contributed by atoms with van der Waals surface area (Å²) in [7, 11) is 0. The Morgan fingerprint density at radius 1 is 0.712 bits per heavy atom. The number of hydrogen-bond donors (Lipinski definition) is 7. The second kappa shape index (κ2) is 28.8.